The van der Waals surface area contributed by atoms with Crippen molar-refractivity contribution in [3.05, 3.63) is 61.1 Å². The van der Waals surface area contributed by atoms with E-state index in [1.165, 1.54) is 0 Å². The molecule has 1 aliphatic heterocycles. The molecule has 0 unspecified atom stereocenters. The number of alkyl halides is 1. The summed E-state index contributed by atoms with van der Waals surface area (Å²) in [6.45, 7) is 1.35. The highest BCUT2D eigenvalue weighted by Crippen LogP contribution is 2.37. The molecule has 6 rings (SSSR count). The zero-order valence-corrected chi connectivity index (χ0v) is 18.6. The van der Waals surface area contributed by atoms with Gasteiger partial charge in [-0.2, -0.15) is 5.10 Å². The van der Waals surface area contributed by atoms with E-state index in [9.17, 15) is 9.18 Å². The molecule has 7 heteroatoms. The number of benzene rings is 2. The Balaban J connectivity index is 1.29. The zero-order chi connectivity index (χ0) is 22.5. The van der Waals surface area contributed by atoms with Gasteiger partial charge in [0.1, 0.15) is 11.9 Å². The van der Waals surface area contributed by atoms with E-state index in [2.05, 4.69) is 46.1 Å². The number of fused-ring (bicyclic) bond motifs is 1. The second-order valence-corrected chi connectivity index (χ2v) is 9.20. The number of halogens is 1. The lowest BCUT2D eigenvalue weighted by Gasteiger charge is -2.33. The summed E-state index contributed by atoms with van der Waals surface area (Å²) in [5.74, 6) is -0.403. The Hall–Kier alpha value is -3.48. The number of hydrogen-bond donors (Lipinski definition) is 0. The molecule has 0 spiro atoms. The second kappa shape index (κ2) is 7.83. The molecule has 2 atom stereocenters. The van der Waals surface area contributed by atoms with E-state index in [1.807, 2.05) is 41.2 Å². The van der Waals surface area contributed by atoms with Crippen LogP contribution in [0.2, 0.25) is 0 Å². The van der Waals surface area contributed by atoms with Gasteiger partial charge in [-0.25, -0.2) is 9.37 Å². The Bertz CT molecular complexity index is 1320. The van der Waals surface area contributed by atoms with Gasteiger partial charge in [0, 0.05) is 43.5 Å². The van der Waals surface area contributed by atoms with Crippen LogP contribution in [0, 0.1) is 5.92 Å². The lowest BCUT2D eigenvalue weighted by molar-refractivity contribution is -0.134. The smallest absolute Gasteiger partial charge is 0.228 e. The van der Waals surface area contributed by atoms with Crippen LogP contribution < -0.4 is 0 Å². The molecule has 3 heterocycles. The lowest BCUT2D eigenvalue weighted by Crippen LogP contribution is -2.40. The standard InChI is InChI=1S/C26H26FN5O/c1-30-15-21(25(29-30)17-5-3-2-4-6-17)18-7-8-23-24(13-18)32(16-28-23)19-9-11-31(12-10-19)26(33)20-14-22(20)27/h2-8,13,15-16,19-20,22H,9-12,14H2,1H3/t20-,22-/m0/s1. The Morgan fingerprint density at radius 1 is 1.06 bits per heavy atom. The quantitative estimate of drug-likeness (QED) is 0.462. The summed E-state index contributed by atoms with van der Waals surface area (Å²) in [4.78, 5) is 18.9. The number of nitrogens with zero attached hydrogens (tertiary/aromatic N) is 5. The molecule has 2 aliphatic rings. The summed E-state index contributed by atoms with van der Waals surface area (Å²) in [6.07, 6.45) is 5.15. The minimum absolute atomic E-state index is 0.0104. The fraction of sp³-hybridized carbons (Fsp3) is 0.346. The molecule has 168 valence electrons. The Morgan fingerprint density at radius 3 is 2.55 bits per heavy atom. The average molecular weight is 444 g/mol. The van der Waals surface area contributed by atoms with Gasteiger partial charge in [0.25, 0.3) is 0 Å². The van der Waals surface area contributed by atoms with Gasteiger partial charge in [0.15, 0.2) is 0 Å². The third kappa shape index (κ3) is 3.61. The van der Waals surface area contributed by atoms with Crippen molar-refractivity contribution in [1.29, 1.82) is 0 Å². The molecule has 4 aromatic rings. The van der Waals surface area contributed by atoms with E-state index in [1.54, 1.807) is 0 Å². The van der Waals surface area contributed by atoms with Crippen molar-refractivity contribution in [3.63, 3.8) is 0 Å². The Labute approximate surface area is 191 Å². The fourth-order valence-electron chi connectivity index (χ4n) is 5.01. The third-order valence-electron chi connectivity index (χ3n) is 6.96. The number of piperidine rings is 1. The monoisotopic (exact) mass is 443 g/mol. The highest BCUT2D eigenvalue weighted by atomic mass is 19.1. The topological polar surface area (TPSA) is 56.0 Å². The fourth-order valence-corrected chi connectivity index (χ4v) is 5.01. The van der Waals surface area contributed by atoms with Gasteiger partial charge < -0.3 is 9.47 Å². The number of likely N-dealkylation sites (tertiary alicyclic amines) is 1. The van der Waals surface area contributed by atoms with Crippen molar-refractivity contribution < 1.29 is 9.18 Å². The number of rotatable bonds is 4. The van der Waals surface area contributed by atoms with Gasteiger partial charge in [-0.3, -0.25) is 9.48 Å². The van der Waals surface area contributed by atoms with Crippen molar-refractivity contribution in [1.82, 2.24) is 24.2 Å². The van der Waals surface area contributed by atoms with E-state index in [-0.39, 0.29) is 11.9 Å². The summed E-state index contributed by atoms with van der Waals surface area (Å²) in [5, 5.41) is 4.72. The van der Waals surface area contributed by atoms with Gasteiger partial charge in [0.05, 0.1) is 23.3 Å². The SMILES string of the molecule is Cn1cc(-c2ccc3ncn(C4CCN(C(=O)[C@H]5C[C@@H]5F)CC4)c3c2)c(-c2ccccc2)n1. The minimum atomic E-state index is -0.931. The lowest BCUT2D eigenvalue weighted by atomic mass is 10.0. The molecule has 2 aromatic carbocycles. The van der Waals surface area contributed by atoms with Crippen LogP contribution in [0.3, 0.4) is 0 Å². The normalized spacial score (nSPS) is 21.0. The largest absolute Gasteiger partial charge is 0.342 e. The number of carbonyl (C=O) groups excluding carboxylic acids is 1. The average Bonchev–Trinajstić information content (AvgIpc) is 3.25. The molecule has 1 saturated carbocycles. The van der Waals surface area contributed by atoms with Crippen LogP contribution in [0.1, 0.15) is 25.3 Å². The number of aryl methyl sites for hydroxylation is 1. The van der Waals surface area contributed by atoms with Crippen molar-refractivity contribution in [2.24, 2.45) is 13.0 Å². The first-order valence-electron chi connectivity index (χ1n) is 11.6. The van der Waals surface area contributed by atoms with Crippen molar-refractivity contribution in [2.75, 3.05) is 13.1 Å². The maximum atomic E-state index is 13.3. The third-order valence-corrected chi connectivity index (χ3v) is 6.96. The maximum Gasteiger partial charge on any atom is 0.228 e. The number of carbonyl (C=O) groups is 1. The van der Waals surface area contributed by atoms with Crippen molar-refractivity contribution in [3.8, 4) is 22.4 Å². The molecule has 2 aromatic heterocycles. The summed E-state index contributed by atoms with van der Waals surface area (Å²) >= 11 is 0. The van der Waals surface area contributed by atoms with E-state index in [4.69, 9.17) is 5.10 Å². The molecule has 0 bridgehead atoms. The van der Waals surface area contributed by atoms with Crippen LogP contribution in [-0.4, -0.2) is 49.4 Å². The van der Waals surface area contributed by atoms with Crippen molar-refractivity contribution >= 4 is 16.9 Å². The summed E-state index contributed by atoms with van der Waals surface area (Å²) < 4.78 is 17.4. The molecule has 1 amide bonds. The highest BCUT2D eigenvalue weighted by molar-refractivity contribution is 5.87. The molecular formula is C26H26FN5O. The highest BCUT2D eigenvalue weighted by Gasteiger charge is 2.46. The maximum absolute atomic E-state index is 13.3. The van der Waals surface area contributed by atoms with Crippen LogP contribution in [0.4, 0.5) is 4.39 Å². The number of aromatic nitrogens is 4. The first-order valence-corrected chi connectivity index (χ1v) is 11.6. The van der Waals surface area contributed by atoms with Gasteiger partial charge in [-0.05, 0) is 37.0 Å². The Morgan fingerprint density at radius 2 is 1.82 bits per heavy atom. The molecule has 2 fully saturated rings. The van der Waals surface area contributed by atoms with E-state index >= 15 is 0 Å². The van der Waals surface area contributed by atoms with Crippen molar-refractivity contribution in [2.45, 2.75) is 31.5 Å². The molecule has 1 saturated heterocycles. The molecule has 33 heavy (non-hydrogen) atoms. The molecular weight excluding hydrogens is 417 g/mol. The zero-order valence-electron chi connectivity index (χ0n) is 18.6. The molecule has 0 radical (unpaired) electrons. The number of imidazole rings is 1. The summed E-state index contributed by atoms with van der Waals surface area (Å²) in [6, 6.07) is 16.9. The second-order valence-electron chi connectivity index (χ2n) is 9.20. The number of hydrogen-bond acceptors (Lipinski definition) is 3. The summed E-state index contributed by atoms with van der Waals surface area (Å²) in [7, 11) is 1.94. The van der Waals surface area contributed by atoms with Gasteiger partial charge in [-0.1, -0.05) is 36.4 Å². The van der Waals surface area contributed by atoms with Gasteiger partial charge >= 0.3 is 0 Å². The minimum Gasteiger partial charge on any atom is -0.342 e. The van der Waals surface area contributed by atoms with Crippen LogP contribution >= 0.6 is 0 Å². The van der Waals surface area contributed by atoms with E-state index < -0.39 is 12.1 Å². The first-order chi connectivity index (χ1) is 16.1. The molecule has 0 N–H and O–H groups in total. The molecule has 6 nitrogen and oxygen atoms in total. The predicted molar refractivity (Wildman–Crippen MR) is 125 cm³/mol. The Kier molecular flexibility index (Phi) is 4.78. The summed E-state index contributed by atoms with van der Waals surface area (Å²) in [5.41, 5.74) is 6.29. The van der Waals surface area contributed by atoms with Crippen LogP contribution in [0.5, 0.6) is 0 Å². The van der Waals surface area contributed by atoms with Crippen LogP contribution in [0.15, 0.2) is 61.1 Å². The predicted octanol–water partition coefficient (Wildman–Crippen LogP) is 4.63. The van der Waals surface area contributed by atoms with Crippen LogP contribution in [0.25, 0.3) is 33.4 Å². The van der Waals surface area contributed by atoms with E-state index in [0.29, 0.717) is 19.5 Å². The van der Waals surface area contributed by atoms with Crippen LogP contribution in [-0.2, 0) is 11.8 Å². The van der Waals surface area contributed by atoms with Gasteiger partial charge in [0.2, 0.25) is 5.91 Å². The number of amides is 1. The molecule has 1 aliphatic carbocycles. The first kappa shape index (κ1) is 20.1. The van der Waals surface area contributed by atoms with E-state index in [0.717, 1.165) is 46.3 Å². The van der Waals surface area contributed by atoms with Gasteiger partial charge in [-0.15, -0.1) is 0 Å².